The molecule has 0 unspecified atom stereocenters. The topological polar surface area (TPSA) is 42.3 Å². The average Bonchev–Trinajstić information content (AvgIpc) is 2.30. The van der Waals surface area contributed by atoms with E-state index in [9.17, 15) is 9.59 Å². The molecule has 1 aromatic heterocycles. The van der Waals surface area contributed by atoms with Crippen LogP contribution in [-0.2, 0) is 0 Å². The lowest BCUT2D eigenvalue weighted by Crippen LogP contribution is -2.36. The highest BCUT2D eigenvalue weighted by atomic mass is 16.2. The fourth-order valence-electron chi connectivity index (χ4n) is 2.11. The van der Waals surface area contributed by atoms with E-state index in [2.05, 4.69) is 4.90 Å². The van der Waals surface area contributed by atoms with Crippen LogP contribution in [0.2, 0.25) is 0 Å². The summed E-state index contributed by atoms with van der Waals surface area (Å²) in [6, 6.07) is 3.56. The Morgan fingerprint density at radius 1 is 1.25 bits per heavy atom. The van der Waals surface area contributed by atoms with Gasteiger partial charge < -0.3 is 4.90 Å². The molecule has 1 aromatic rings. The molecule has 0 aromatic carbocycles. The molecule has 0 spiro atoms. The van der Waals surface area contributed by atoms with Gasteiger partial charge in [-0.2, -0.15) is 0 Å². The summed E-state index contributed by atoms with van der Waals surface area (Å²) in [5.74, 6) is -0.233. The number of nitrogens with zero attached hydrogens (tertiary/aromatic N) is 2. The van der Waals surface area contributed by atoms with Crippen molar-refractivity contribution >= 4 is 11.6 Å². The lowest BCUT2D eigenvalue weighted by molar-refractivity contribution is 0.0932. The predicted molar refractivity (Wildman–Crippen MR) is 63.1 cm³/mol. The molecule has 1 fully saturated rings. The van der Waals surface area contributed by atoms with Gasteiger partial charge >= 0.3 is 0 Å². The normalized spacial score (nSPS) is 16.2. The van der Waals surface area contributed by atoms with Crippen LogP contribution in [0.5, 0.6) is 0 Å². The highest BCUT2D eigenvalue weighted by Gasteiger charge is 2.15. The number of hydrogen-bond donors (Lipinski definition) is 0. The van der Waals surface area contributed by atoms with Gasteiger partial charge in [-0.1, -0.05) is 0 Å². The molecule has 86 valence electrons. The van der Waals surface area contributed by atoms with E-state index in [0.717, 1.165) is 25.9 Å². The largest absolute Gasteiger partial charge is 0.367 e. The molecule has 0 amide bonds. The van der Waals surface area contributed by atoms with Crippen LogP contribution < -0.4 is 10.5 Å². The van der Waals surface area contributed by atoms with Gasteiger partial charge in [0.15, 0.2) is 0 Å². The van der Waals surface area contributed by atoms with Crippen molar-refractivity contribution in [2.45, 2.75) is 26.2 Å². The maximum atomic E-state index is 12.0. The van der Waals surface area contributed by atoms with Crippen LogP contribution in [0.25, 0.3) is 0 Å². The van der Waals surface area contributed by atoms with Gasteiger partial charge in [-0.25, -0.2) is 0 Å². The van der Waals surface area contributed by atoms with Crippen molar-refractivity contribution in [3.63, 3.8) is 0 Å². The second-order valence-corrected chi connectivity index (χ2v) is 4.14. The molecule has 16 heavy (non-hydrogen) atoms. The monoisotopic (exact) mass is 220 g/mol. The third-order valence-corrected chi connectivity index (χ3v) is 2.96. The van der Waals surface area contributed by atoms with Crippen molar-refractivity contribution in [2.24, 2.45) is 0 Å². The van der Waals surface area contributed by atoms with E-state index in [-0.39, 0.29) is 11.5 Å². The maximum absolute atomic E-state index is 12.0. The summed E-state index contributed by atoms with van der Waals surface area (Å²) in [4.78, 5) is 25.3. The number of rotatable bonds is 1. The molecule has 0 saturated carbocycles. The summed E-state index contributed by atoms with van der Waals surface area (Å²) in [5, 5.41) is 0. The van der Waals surface area contributed by atoms with Gasteiger partial charge in [0, 0.05) is 26.2 Å². The molecule has 0 atom stereocenters. The number of carbonyl (C=O) groups excluding carboxylic acids is 1. The lowest BCUT2D eigenvalue weighted by Gasteiger charge is -2.28. The number of pyridine rings is 1. The number of aromatic nitrogens is 1. The minimum absolute atomic E-state index is 0.197. The molecule has 0 N–H and O–H groups in total. The zero-order valence-corrected chi connectivity index (χ0v) is 9.48. The van der Waals surface area contributed by atoms with Gasteiger partial charge in [0.25, 0.3) is 5.56 Å². The van der Waals surface area contributed by atoms with Gasteiger partial charge in [0.2, 0.25) is 5.91 Å². The first-order valence-electron chi connectivity index (χ1n) is 5.68. The Hall–Kier alpha value is -1.58. The Morgan fingerprint density at radius 3 is 2.56 bits per heavy atom. The van der Waals surface area contributed by atoms with Gasteiger partial charge in [-0.15, -0.1) is 0 Å². The van der Waals surface area contributed by atoms with E-state index in [0.29, 0.717) is 5.69 Å². The summed E-state index contributed by atoms with van der Waals surface area (Å²) >= 11 is 0. The predicted octanol–water partition coefficient (Wildman–Crippen LogP) is 1.50. The van der Waals surface area contributed by atoms with Crippen molar-refractivity contribution in [1.29, 1.82) is 0 Å². The van der Waals surface area contributed by atoms with Crippen molar-refractivity contribution in [3.05, 3.63) is 28.7 Å². The fourth-order valence-corrected chi connectivity index (χ4v) is 2.11. The maximum Gasteiger partial charge on any atom is 0.280 e. The Kier molecular flexibility index (Phi) is 3.08. The van der Waals surface area contributed by atoms with Crippen LogP contribution in [0, 0.1) is 0 Å². The van der Waals surface area contributed by atoms with Crippen molar-refractivity contribution in [3.8, 4) is 0 Å². The molecule has 0 bridgehead atoms. The van der Waals surface area contributed by atoms with Gasteiger partial charge in [-0.05, 0) is 31.4 Å². The molecule has 1 saturated heterocycles. The summed E-state index contributed by atoms with van der Waals surface area (Å²) in [6.45, 7) is 3.23. The molecular formula is C12H16N2O2. The SMILES string of the molecule is CC(=O)n1cccc(N2CCCCC2)c1=O. The molecule has 4 heteroatoms. The first-order valence-corrected chi connectivity index (χ1v) is 5.68. The van der Waals surface area contributed by atoms with E-state index >= 15 is 0 Å². The molecule has 2 heterocycles. The first-order chi connectivity index (χ1) is 7.70. The fraction of sp³-hybridized carbons (Fsp3) is 0.500. The molecule has 1 aliphatic rings. The average molecular weight is 220 g/mol. The summed E-state index contributed by atoms with van der Waals surface area (Å²) in [5.41, 5.74) is 0.453. The van der Waals surface area contributed by atoms with Crippen LogP contribution in [0.1, 0.15) is 31.0 Å². The van der Waals surface area contributed by atoms with Crippen LogP contribution >= 0.6 is 0 Å². The lowest BCUT2D eigenvalue weighted by atomic mass is 10.1. The van der Waals surface area contributed by atoms with E-state index in [1.807, 2.05) is 0 Å². The molecule has 2 rings (SSSR count). The van der Waals surface area contributed by atoms with Crippen LogP contribution in [0.15, 0.2) is 23.1 Å². The van der Waals surface area contributed by atoms with Crippen LogP contribution in [0.3, 0.4) is 0 Å². The number of anilines is 1. The second kappa shape index (κ2) is 4.51. The van der Waals surface area contributed by atoms with Crippen LogP contribution in [-0.4, -0.2) is 23.6 Å². The van der Waals surface area contributed by atoms with Crippen molar-refractivity contribution in [2.75, 3.05) is 18.0 Å². The molecule has 1 aliphatic heterocycles. The van der Waals surface area contributed by atoms with Crippen molar-refractivity contribution in [1.82, 2.24) is 4.57 Å². The molecule has 0 aliphatic carbocycles. The van der Waals surface area contributed by atoms with Gasteiger partial charge in [-0.3, -0.25) is 14.2 Å². The van der Waals surface area contributed by atoms with E-state index in [4.69, 9.17) is 0 Å². The van der Waals surface area contributed by atoms with Crippen LogP contribution in [0.4, 0.5) is 5.69 Å². The first kappa shape index (κ1) is 10.9. The van der Waals surface area contributed by atoms with E-state index in [1.54, 1.807) is 12.1 Å². The zero-order chi connectivity index (χ0) is 11.5. The molecule has 4 nitrogen and oxygen atoms in total. The minimum atomic E-state index is -0.233. The van der Waals surface area contributed by atoms with E-state index < -0.39 is 0 Å². The van der Waals surface area contributed by atoms with Gasteiger partial charge in [0.1, 0.15) is 5.69 Å². The van der Waals surface area contributed by atoms with E-state index in [1.165, 1.54) is 24.1 Å². The summed E-state index contributed by atoms with van der Waals surface area (Å²) in [6.07, 6.45) is 4.99. The standard InChI is InChI=1S/C12H16N2O2/c1-10(15)14-9-5-6-11(12(14)16)13-7-3-2-4-8-13/h5-6,9H,2-4,7-8H2,1H3. The summed E-state index contributed by atoms with van der Waals surface area (Å²) in [7, 11) is 0. The third-order valence-electron chi connectivity index (χ3n) is 2.96. The van der Waals surface area contributed by atoms with Crippen molar-refractivity contribution < 1.29 is 4.79 Å². The Balaban J connectivity index is 2.37. The Morgan fingerprint density at radius 2 is 1.94 bits per heavy atom. The van der Waals surface area contributed by atoms with Gasteiger partial charge in [0.05, 0.1) is 0 Å². The quantitative estimate of drug-likeness (QED) is 0.720. The highest BCUT2D eigenvalue weighted by molar-refractivity contribution is 5.76. The molecular weight excluding hydrogens is 204 g/mol. The zero-order valence-electron chi connectivity index (χ0n) is 9.48. The number of hydrogen-bond acceptors (Lipinski definition) is 3. The Labute approximate surface area is 94.5 Å². The number of piperidine rings is 1. The Bertz CT molecular complexity index is 445. The highest BCUT2D eigenvalue weighted by Crippen LogP contribution is 2.15. The third kappa shape index (κ3) is 2.01. The second-order valence-electron chi connectivity index (χ2n) is 4.14. The summed E-state index contributed by atoms with van der Waals surface area (Å²) < 4.78 is 1.17. The number of carbonyl (C=O) groups is 1. The minimum Gasteiger partial charge on any atom is -0.367 e. The molecule has 0 radical (unpaired) electrons. The smallest absolute Gasteiger partial charge is 0.280 e.